The molecule has 1 fully saturated rings. The number of aliphatic hydroxyl groups is 1. The molecule has 0 saturated carbocycles. The normalized spacial score (nSPS) is 16.6. The minimum Gasteiger partial charge on any atom is -0.496 e. The lowest BCUT2D eigenvalue weighted by molar-refractivity contribution is 0.0683. The van der Waals surface area contributed by atoms with Crippen molar-refractivity contribution in [2.45, 2.75) is 19.6 Å². The highest BCUT2D eigenvalue weighted by Gasteiger charge is 2.25. The summed E-state index contributed by atoms with van der Waals surface area (Å²) in [4.78, 5) is 26.7. The van der Waals surface area contributed by atoms with E-state index in [0.717, 1.165) is 5.56 Å². The summed E-state index contributed by atoms with van der Waals surface area (Å²) in [5.74, 6) is -0.385. The molecule has 0 aliphatic carbocycles. The lowest BCUT2D eigenvalue weighted by Crippen LogP contribution is -2.44. The first kappa shape index (κ1) is 20.0. The number of fused-ring (bicyclic) bond motifs is 1. The Morgan fingerprint density at radius 3 is 2.80 bits per heavy atom. The quantitative estimate of drug-likeness (QED) is 0.652. The smallest absolute Gasteiger partial charge is 0.374 e. The Hall–Kier alpha value is -3.30. The van der Waals surface area contributed by atoms with Crippen LogP contribution < -0.4 is 9.64 Å². The number of morpholine rings is 1. The number of methoxy groups -OCH3 is 1. The van der Waals surface area contributed by atoms with Crippen LogP contribution in [-0.2, 0) is 11.3 Å². The van der Waals surface area contributed by atoms with Crippen molar-refractivity contribution in [1.29, 1.82) is 0 Å². The average Bonchev–Trinajstić information content (AvgIpc) is 2.77. The minimum atomic E-state index is -1.21. The van der Waals surface area contributed by atoms with Gasteiger partial charge in [0, 0.05) is 17.7 Å². The van der Waals surface area contributed by atoms with Gasteiger partial charge in [-0.15, -0.1) is 0 Å². The molecule has 2 N–H and O–H groups in total. The zero-order valence-corrected chi connectivity index (χ0v) is 16.7. The van der Waals surface area contributed by atoms with Gasteiger partial charge in [-0.2, -0.15) is 0 Å². The maximum atomic E-state index is 11.6. The van der Waals surface area contributed by atoms with Gasteiger partial charge in [-0.1, -0.05) is 0 Å². The molecule has 9 nitrogen and oxygen atoms in total. The number of aliphatic hydroxyl groups excluding tert-OH is 1. The van der Waals surface area contributed by atoms with Crippen LogP contribution in [0, 0.1) is 0 Å². The number of carbonyl (C=O) groups is 1. The second kappa shape index (κ2) is 8.21. The number of pyridine rings is 1. The maximum absolute atomic E-state index is 11.6. The molecule has 1 aromatic carbocycles. The lowest BCUT2D eigenvalue weighted by Gasteiger charge is -2.34. The van der Waals surface area contributed by atoms with Crippen molar-refractivity contribution in [2.24, 2.45) is 0 Å². The molecular weight excluding hydrogens is 388 g/mol. The summed E-state index contributed by atoms with van der Waals surface area (Å²) in [7, 11) is 1.54. The van der Waals surface area contributed by atoms with E-state index >= 15 is 0 Å². The van der Waals surface area contributed by atoms with Gasteiger partial charge in [-0.3, -0.25) is 0 Å². The number of aromatic nitrogens is 3. The molecule has 30 heavy (non-hydrogen) atoms. The molecule has 1 aliphatic rings. The van der Waals surface area contributed by atoms with E-state index < -0.39 is 5.97 Å². The third-order valence-corrected chi connectivity index (χ3v) is 5.12. The van der Waals surface area contributed by atoms with Crippen molar-refractivity contribution in [3.05, 3.63) is 41.7 Å². The number of carboxylic acid groups (broad SMARTS) is 1. The van der Waals surface area contributed by atoms with Crippen LogP contribution in [0.5, 0.6) is 5.75 Å². The van der Waals surface area contributed by atoms with E-state index in [-0.39, 0.29) is 18.5 Å². The zero-order chi connectivity index (χ0) is 21.3. The zero-order valence-electron chi connectivity index (χ0n) is 16.7. The summed E-state index contributed by atoms with van der Waals surface area (Å²) in [5, 5.41) is 19.8. The number of hydrogen-bond donors (Lipinski definition) is 2. The molecular formula is C21H22N4O5. The highest BCUT2D eigenvalue weighted by molar-refractivity contribution is 5.93. The summed E-state index contributed by atoms with van der Waals surface area (Å²) < 4.78 is 10.7. The van der Waals surface area contributed by atoms with E-state index in [1.807, 2.05) is 30.0 Å². The number of nitrogens with zero attached hydrogens (tertiary/aromatic N) is 4. The Kier molecular flexibility index (Phi) is 5.47. The molecule has 3 heterocycles. The van der Waals surface area contributed by atoms with E-state index in [0.29, 0.717) is 53.6 Å². The summed E-state index contributed by atoms with van der Waals surface area (Å²) >= 11 is 0. The van der Waals surface area contributed by atoms with E-state index in [2.05, 4.69) is 15.0 Å². The van der Waals surface area contributed by atoms with Crippen LogP contribution in [0.15, 0.2) is 30.3 Å². The van der Waals surface area contributed by atoms with Crippen LogP contribution in [0.2, 0.25) is 0 Å². The highest BCUT2D eigenvalue weighted by atomic mass is 16.5. The van der Waals surface area contributed by atoms with Crippen molar-refractivity contribution >= 4 is 22.8 Å². The number of carboxylic acids is 1. The van der Waals surface area contributed by atoms with E-state index in [1.165, 1.54) is 0 Å². The predicted molar refractivity (Wildman–Crippen MR) is 110 cm³/mol. The van der Waals surface area contributed by atoms with Crippen LogP contribution in [-0.4, -0.2) is 64.0 Å². The molecule has 156 valence electrons. The van der Waals surface area contributed by atoms with Crippen LogP contribution >= 0.6 is 0 Å². The first-order valence-corrected chi connectivity index (χ1v) is 9.56. The third kappa shape index (κ3) is 3.64. The molecule has 4 rings (SSSR count). The van der Waals surface area contributed by atoms with E-state index in [9.17, 15) is 15.0 Å². The Balaban J connectivity index is 1.85. The standard InChI is InChI=1S/C21H22N4O5/c1-12-11-30-8-7-25(12)20-15-4-5-16(22-18(15)23-19(24-20)21(27)28)13-3-6-17(29-2)14(9-13)10-26/h3-6,9,12,26H,7-8,10-11H2,1-2H3,(H,27,28)/t12-/m0/s1. The maximum Gasteiger partial charge on any atom is 0.374 e. The monoisotopic (exact) mass is 410 g/mol. The Morgan fingerprint density at radius 2 is 2.10 bits per heavy atom. The average molecular weight is 410 g/mol. The van der Waals surface area contributed by atoms with Gasteiger partial charge in [0.05, 0.1) is 44.1 Å². The number of ether oxygens (including phenoxy) is 2. The van der Waals surface area contributed by atoms with E-state index in [4.69, 9.17) is 9.47 Å². The first-order chi connectivity index (χ1) is 14.5. The Morgan fingerprint density at radius 1 is 1.27 bits per heavy atom. The SMILES string of the molecule is COc1ccc(-c2ccc3c(N4CCOC[C@@H]4C)nc(C(=O)O)nc3n2)cc1CO. The Labute approximate surface area is 172 Å². The minimum absolute atomic E-state index is 0.0480. The second-order valence-electron chi connectivity index (χ2n) is 7.05. The summed E-state index contributed by atoms with van der Waals surface area (Å²) in [6, 6.07) is 9.11. The molecule has 0 unspecified atom stereocenters. The van der Waals surface area contributed by atoms with Crippen LogP contribution in [0.1, 0.15) is 23.1 Å². The summed E-state index contributed by atoms with van der Waals surface area (Å²) in [6.07, 6.45) is 0. The molecule has 3 aromatic rings. The van der Waals surface area contributed by atoms with Crippen LogP contribution in [0.4, 0.5) is 5.82 Å². The molecule has 2 aromatic heterocycles. The van der Waals surface area contributed by atoms with Gasteiger partial charge < -0.3 is 24.6 Å². The largest absolute Gasteiger partial charge is 0.496 e. The van der Waals surface area contributed by atoms with Gasteiger partial charge in [0.15, 0.2) is 5.65 Å². The summed E-state index contributed by atoms with van der Waals surface area (Å²) in [5.41, 5.74) is 2.30. The van der Waals surface area contributed by atoms with Gasteiger partial charge in [0.25, 0.3) is 0 Å². The predicted octanol–water partition coefficient (Wildman–Crippen LogP) is 2.12. The lowest BCUT2D eigenvalue weighted by atomic mass is 10.1. The van der Waals surface area contributed by atoms with Gasteiger partial charge in [-0.25, -0.2) is 19.7 Å². The molecule has 9 heteroatoms. The van der Waals surface area contributed by atoms with Crippen molar-refractivity contribution < 1.29 is 24.5 Å². The Bertz CT molecular complexity index is 1100. The highest BCUT2D eigenvalue weighted by Crippen LogP contribution is 2.30. The van der Waals surface area contributed by atoms with Crippen molar-refractivity contribution in [3.8, 4) is 17.0 Å². The number of aromatic carboxylic acids is 1. The first-order valence-electron chi connectivity index (χ1n) is 9.56. The molecule has 1 atom stereocenters. The second-order valence-corrected chi connectivity index (χ2v) is 7.05. The molecule has 1 aliphatic heterocycles. The molecule has 0 radical (unpaired) electrons. The van der Waals surface area contributed by atoms with Crippen LogP contribution in [0.3, 0.4) is 0 Å². The van der Waals surface area contributed by atoms with Crippen LogP contribution in [0.25, 0.3) is 22.3 Å². The van der Waals surface area contributed by atoms with Gasteiger partial charge >= 0.3 is 5.97 Å². The fourth-order valence-corrected chi connectivity index (χ4v) is 3.57. The van der Waals surface area contributed by atoms with Crippen molar-refractivity contribution in [1.82, 2.24) is 15.0 Å². The molecule has 0 amide bonds. The van der Waals surface area contributed by atoms with E-state index in [1.54, 1.807) is 19.2 Å². The molecule has 1 saturated heterocycles. The molecule has 0 bridgehead atoms. The third-order valence-electron chi connectivity index (χ3n) is 5.12. The van der Waals surface area contributed by atoms with Gasteiger partial charge in [0.1, 0.15) is 11.6 Å². The van der Waals surface area contributed by atoms with Gasteiger partial charge in [-0.05, 0) is 37.3 Å². The number of anilines is 1. The molecule has 0 spiro atoms. The summed E-state index contributed by atoms with van der Waals surface area (Å²) in [6.45, 7) is 3.51. The fourth-order valence-electron chi connectivity index (χ4n) is 3.57. The fraction of sp³-hybridized carbons (Fsp3) is 0.333. The number of hydrogen-bond acceptors (Lipinski definition) is 8. The number of benzene rings is 1. The topological polar surface area (TPSA) is 118 Å². The van der Waals surface area contributed by atoms with Gasteiger partial charge in [0.2, 0.25) is 5.82 Å². The van der Waals surface area contributed by atoms with Crippen molar-refractivity contribution in [2.75, 3.05) is 31.8 Å². The van der Waals surface area contributed by atoms with Crippen molar-refractivity contribution in [3.63, 3.8) is 0 Å². The number of rotatable bonds is 5.